The van der Waals surface area contributed by atoms with E-state index in [2.05, 4.69) is 31.7 Å². The average Bonchev–Trinajstić information content (AvgIpc) is 3.29. The number of aryl methyl sites for hydroxylation is 1. The van der Waals surface area contributed by atoms with Crippen molar-refractivity contribution in [3.8, 4) is 11.4 Å². The van der Waals surface area contributed by atoms with Crippen LogP contribution in [0.15, 0.2) is 58.4 Å². The summed E-state index contributed by atoms with van der Waals surface area (Å²) in [5.74, 6) is 2.62. The zero-order chi connectivity index (χ0) is 17.8. The minimum atomic E-state index is 0.793. The highest BCUT2D eigenvalue weighted by molar-refractivity contribution is 7.99. The number of nitrogens with zero attached hydrogens (tertiary/aromatic N) is 5. The molecular weight excluding hydrogens is 346 g/mol. The Labute approximate surface area is 155 Å². The molecule has 0 spiro atoms. The topological polar surface area (TPSA) is 69.6 Å². The van der Waals surface area contributed by atoms with E-state index in [1.54, 1.807) is 24.2 Å². The van der Waals surface area contributed by atoms with Crippen molar-refractivity contribution in [2.24, 2.45) is 0 Å². The molecule has 0 aliphatic heterocycles. The van der Waals surface area contributed by atoms with E-state index >= 15 is 0 Å². The van der Waals surface area contributed by atoms with Gasteiger partial charge in [0.05, 0.1) is 0 Å². The van der Waals surface area contributed by atoms with Gasteiger partial charge in [-0.25, -0.2) is 4.98 Å². The highest BCUT2D eigenvalue weighted by Gasteiger charge is 2.13. The van der Waals surface area contributed by atoms with Gasteiger partial charge in [0.15, 0.2) is 22.5 Å². The fourth-order valence-corrected chi connectivity index (χ4v) is 3.75. The first kappa shape index (κ1) is 16.8. The number of thioether (sulfide) groups is 1. The molecule has 7 heteroatoms. The maximum atomic E-state index is 5.77. The van der Waals surface area contributed by atoms with Gasteiger partial charge in [0.25, 0.3) is 0 Å². The lowest BCUT2D eigenvalue weighted by Gasteiger charge is -2.06. The summed E-state index contributed by atoms with van der Waals surface area (Å²) in [5.41, 5.74) is 2.80. The Bertz CT molecular complexity index is 963. The normalized spacial score (nSPS) is 11.3. The number of benzene rings is 1. The monoisotopic (exact) mass is 365 g/mol. The molecule has 26 heavy (non-hydrogen) atoms. The van der Waals surface area contributed by atoms with Crippen LogP contribution in [0.4, 0.5) is 0 Å². The summed E-state index contributed by atoms with van der Waals surface area (Å²) in [4.78, 5) is 8.58. The quantitative estimate of drug-likeness (QED) is 0.361. The summed E-state index contributed by atoms with van der Waals surface area (Å²) in [6, 6.07) is 11.8. The number of rotatable bonds is 7. The van der Waals surface area contributed by atoms with Crippen molar-refractivity contribution in [2.45, 2.75) is 31.5 Å². The van der Waals surface area contributed by atoms with Crippen LogP contribution in [-0.2, 0) is 13.0 Å². The van der Waals surface area contributed by atoms with Crippen LogP contribution < -0.4 is 0 Å². The molecular formula is C19H19N5OS. The number of pyridine rings is 1. The second-order valence-electron chi connectivity index (χ2n) is 5.81. The number of fused-ring (bicyclic) bond motifs is 1. The van der Waals surface area contributed by atoms with Crippen LogP contribution in [0.25, 0.3) is 22.5 Å². The average molecular weight is 365 g/mol. The summed E-state index contributed by atoms with van der Waals surface area (Å²) in [7, 11) is 0. The van der Waals surface area contributed by atoms with Gasteiger partial charge in [-0.05, 0) is 37.6 Å². The fourth-order valence-electron chi connectivity index (χ4n) is 2.81. The van der Waals surface area contributed by atoms with E-state index < -0.39 is 0 Å². The summed E-state index contributed by atoms with van der Waals surface area (Å²) >= 11 is 1.72. The molecule has 0 bridgehead atoms. The maximum absolute atomic E-state index is 5.77. The van der Waals surface area contributed by atoms with E-state index in [9.17, 15) is 0 Å². The molecule has 0 amide bonds. The molecule has 0 atom stereocenters. The molecule has 0 aliphatic rings. The van der Waals surface area contributed by atoms with Gasteiger partial charge in [-0.15, -0.1) is 10.2 Å². The number of para-hydroxylation sites is 2. The zero-order valence-electron chi connectivity index (χ0n) is 14.5. The molecule has 4 rings (SSSR count). The molecule has 132 valence electrons. The van der Waals surface area contributed by atoms with Gasteiger partial charge in [0.1, 0.15) is 5.52 Å². The molecule has 0 saturated heterocycles. The van der Waals surface area contributed by atoms with Crippen molar-refractivity contribution in [2.75, 3.05) is 5.75 Å². The third-order valence-electron chi connectivity index (χ3n) is 4.08. The lowest BCUT2D eigenvalue weighted by Crippen LogP contribution is -2.00. The lowest BCUT2D eigenvalue weighted by atomic mass is 10.2. The third-order valence-corrected chi connectivity index (χ3v) is 5.13. The van der Waals surface area contributed by atoms with Crippen LogP contribution in [-0.4, -0.2) is 30.5 Å². The number of hydrogen-bond donors (Lipinski definition) is 0. The smallest absolute Gasteiger partial charge is 0.195 e. The first-order valence-corrected chi connectivity index (χ1v) is 9.64. The van der Waals surface area contributed by atoms with Crippen molar-refractivity contribution in [1.82, 2.24) is 24.7 Å². The molecule has 3 heterocycles. The van der Waals surface area contributed by atoms with Gasteiger partial charge in [-0.3, -0.25) is 4.98 Å². The maximum Gasteiger partial charge on any atom is 0.195 e. The molecule has 0 saturated carbocycles. The van der Waals surface area contributed by atoms with Gasteiger partial charge >= 0.3 is 0 Å². The molecule has 4 aromatic rings. The molecule has 3 aromatic heterocycles. The lowest BCUT2D eigenvalue weighted by molar-refractivity contribution is 0.526. The second-order valence-corrected chi connectivity index (χ2v) is 6.88. The van der Waals surface area contributed by atoms with Crippen molar-refractivity contribution in [3.63, 3.8) is 0 Å². The molecule has 0 radical (unpaired) electrons. The summed E-state index contributed by atoms with van der Waals surface area (Å²) in [5, 5.41) is 9.66. The van der Waals surface area contributed by atoms with Crippen molar-refractivity contribution in [3.05, 3.63) is 54.7 Å². The van der Waals surface area contributed by atoms with E-state index in [4.69, 9.17) is 4.42 Å². The summed E-state index contributed by atoms with van der Waals surface area (Å²) in [6.07, 6.45) is 5.34. The summed E-state index contributed by atoms with van der Waals surface area (Å²) < 4.78 is 7.91. The SMILES string of the molecule is CCn1c(SCCCc2nc3ccccc3o2)nnc1-c1ccncc1. The van der Waals surface area contributed by atoms with Crippen LogP contribution in [0.3, 0.4) is 0 Å². The Morgan fingerprint density at radius 2 is 1.92 bits per heavy atom. The first-order chi connectivity index (χ1) is 12.8. The van der Waals surface area contributed by atoms with Crippen LogP contribution in [0.1, 0.15) is 19.2 Å². The minimum absolute atomic E-state index is 0.793. The van der Waals surface area contributed by atoms with E-state index in [-0.39, 0.29) is 0 Å². The largest absolute Gasteiger partial charge is 0.441 e. The third kappa shape index (κ3) is 3.48. The Balaban J connectivity index is 1.38. The van der Waals surface area contributed by atoms with Gasteiger partial charge in [0, 0.05) is 36.7 Å². The highest BCUT2D eigenvalue weighted by Crippen LogP contribution is 2.24. The van der Waals surface area contributed by atoms with Crippen LogP contribution >= 0.6 is 11.8 Å². The van der Waals surface area contributed by atoms with Gasteiger partial charge in [0.2, 0.25) is 0 Å². The van der Waals surface area contributed by atoms with Crippen LogP contribution in [0, 0.1) is 0 Å². The Morgan fingerprint density at radius 1 is 1.08 bits per heavy atom. The van der Waals surface area contributed by atoms with Crippen molar-refractivity contribution in [1.29, 1.82) is 0 Å². The zero-order valence-corrected chi connectivity index (χ0v) is 15.3. The molecule has 0 N–H and O–H groups in total. The van der Waals surface area contributed by atoms with Gasteiger partial charge in [-0.1, -0.05) is 23.9 Å². The van der Waals surface area contributed by atoms with Crippen molar-refractivity contribution < 1.29 is 4.42 Å². The van der Waals surface area contributed by atoms with Gasteiger partial charge < -0.3 is 8.98 Å². The standard InChI is InChI=1S/C19H19N5OS/c1-2-24-18(14-9-11-20-12-10-14)22-23-19(24)26-13-5-8-17-21-15-6-3-4-7-16(15)25-17/h3-4,6-7,9-12H,2,5,8,13H2,1H3. The minimum Gasteiger partial charge on any atom is -0.441 e. The molecule has 0 aliphatic carbocycles. The van der Waals surface area contributed by atoms with E-state index in [1.165, 1.54) is 0 Å². The van der Waals surface area contributed by atoms with Gasteiger partial charge in [-0.2, -0.15) is 0 Å². The number of oxazole rings is 1. The van der Waals surface area contributed by atoms with E-state index in [0.717, 1.165) is 58.7 Å². The Kier molecular flexibility index (Phi) is 4.97. The van der Waals surface area contributed by atoms with Crippen LogP contribution in [0.5, 0.6) is 0 Å². The number of hydrogen-bond acceptors (Lipinski definition) is 6. The molecule has 0 fully saturated rings. The predicted octanol–water partition coefficient (Wildman–Crippen LogP) is 4.23. The summed E-state index contributed by atoms with van der Waals surface area (Å²) in [6.45, 7) is 2.94. The molecule has 6 nitrogen and oxygen atoms in total. The fraction of sp³-hybridized carbons (Fsp3) is 0.263. The van der Waals surface area contributed by atoms with Crippen LogP contribution in [0.2, 0.25) is 0 Å². The van der Waals surface area contributed by atoms with E-state index in [1.807, 2.05) is 36.4 Å². The highest BCUT2D eigenvalue weighted by atomic mass is 32.2. The second kappa shape index (κ2) is 7.70. The Morgan fingerprint density at radius 3 is 2.73 bits per heavy atom. The predicted molar refractivity (Wildman–Crippen MR) is 102 cm³/mol. The number of aromatic nitrogens is 5. The molecule has 1 aromatic carbocycles. The first-order valence-electron chi connectivity index (χ1n) is 8.66. The van der Waals surface area contributed by atoms with Crippen molar-refractivity contribution >= 4 is 22.9 Å². The molecule has 0 unspecified atom stereocenters. The van der Waals surface area contributed by atoms with E-state index in [0.29, 0.717) is 0 Å². The Hall–Kier alpha value is -2.67.